The normalized spacial score (nSPS) is 17.8. The van der Waals surface area contributed by atoms with Crippen LogP contribution in [0.15, 0.2) is 24.3 Å². The summed E-state index contributed by atoms with van der Waals surface area (Å²) in [6.07, 6.45) is 18.2. The first kappa shape index (κ1) is 29.5. The summed E-state index contributed by atoms with van der Waals surface area (Å²) in [7, 11) is 0. The van der Waals surface area contributed by atoms with E-state index in [4.69, 9.17) is 4.74 Å². The van der Waals surface area contributed by atoms with Crippen molar-refractivity contribution in [3.05, 3.63) is 53.1 Å². The molecule has 0 amide bonds. The van der Waals surface area contributed by atoms with E-state index in [0.29, 0.717) is 17.9 Å². The molecule has 3 rings (SSSR count). The minimum atomic E-state index is -1.24. The molecule has 0 bridgehead atoms. The van der Waals surface area contributed by atoms with Crippen molar-refractivity contribution in [1.82, 2.24) is 0 Å². The van der Waals surface area contributed by atoms with Gasteiger partial charge in [-0.25, -0.2) is 13.2 Å². The van der Waals surface area contributed by atoms with Gasteiger partial charge in [-0.2, -0.15) is 4.39 Å². The van der Waals surface area contributed by atoms with E-state index in [-0.39, 0.29) is 23.5 Å². The zero-order valence-electron chi connectivity index (χ0n) is 22.7. The van der Waals surface area contributed by atoms with Gasteiger partial charge in [0.25, 0.3) is 0 Å². The van der Waals surface area contributed by atoms with Crippen LogP contribution in [0.5, 0.6) is 5.75 Å². The summed E-state index contributed by atoms with van der Waals surface area (Å²) in [6.45, 7) is 4.08. The highest BCUT2D eigenvalue weighted by atomic mass is 19.2. The summed E-state index contributed by atoms with van der Waals surface area (Å²) in [4.78, 5) is 0. The fourth-order valence-corrected chi connectivity index (χ4v) is 5.73. The van der Waals surface area contributed by atoms with Crippen molar-refractivity contribution in [3.8, 4) is 16.9 Å². The zero-order chi connectivity index (χ0) is 26.6. The van der Waals surface area contributed by atoms with Crippen LogP contribution in [0.1, 0.15) is 109 Å². The monoisotopic (exact) mass is 520 g/mol. The first-order chi connectivity index (χ1) is 18.0. The second-order valence-electron chi connectivity index (χ2n) is 10.8. The quantitative estimate of drug-likeness (QED) is 0.168. The molecule has 0 aromatic heterocycles. The van der Waals surface area contributed by atoms with Gasteiger partial charge in [0.05, 0.1) is 6.61 Å². The largest absolute Gasteiger partial charge is 0.491 e. The van der Waals surface area contributed by atoms with Crippen LogP contribution in [0, 0.1) is 35.1 Å². The van der Waals surface area contributed by atoms with Crippen molar-refractivity contribution < 1.29 is 22.3 Å². The maximum atomic E-state index is 14.9. The van der Waals surface area contributed by atoms with E-state index in [0.717, 1.165) is 25.2 Å². The summed E-state index contributed by atoms with van der Waals surface area (Å²) in [5.74, 6) is -3.41. The second-order valence-corrected chi connectivity index (χ2v) is 10.8. The third kappa shape index (κ3) is 8.48. The average Bonchev–Trinajstić information content (AvgIpc) is 2.90. The minimum Gasteiger partial charge on any atom is -0.491 e. The van der Waals surface area contributed by atoms with Crippen LogP contribution in [0.4, 0.5) is 17.6 Å². The highest BCUT2D eigenvalue weighted by Gasteiger charge is 2.23. The summed E-state index contributed by atoms with van der Waals surface area (Å²) in [6, 6.07) is 5.34. The van der Waals surface area contributed by atoms with Crippen LogP contribution >= 0.6 is 0 Å². The maximum absolute atomic E-state index is 14.9. The van der Waals surface area contributed by atoms with Crippen molar-refractivity contribution >= 4 is 0 Å². The number of rotatable bonds is 15. The number of hydrogen-bond acceptors (Lipinski definition) is 1. The molecule has 0 N–H and O–H groups in total. The van der Waals surface area contributed by atoms with E-state index in [1.54, 1.807) is 6.92 Å². The van der Waals surface area contributed by atoms with Crippen LogP contribution in [-0.4, -0.2) is 6.61 Å². The summed E-state index contributed by atoms with van der Waals surface area (Å²) < 4.78 is 63.6. The number of halogens is 4. The molecule has 1 nitrogen and oxygen atoms in total. The topological polar surface area (TPSA) is 9.23 Å². The third-order valence-corrected chi connectivity index (χ3v) is 8.05. The molecular weight excluding hydrogens is 476 g/mol. The summed E-state index contributed by atoms with van der Waals surface area (Å²) in [5.41, 5.74) is -0.282. The summed E-state index contributed by atoms with van der Waals surface area (Å²) in [5, 5.41) is 0. The molecule has 0 atom stereocenters. The molecule has 0 unspecified atom stereocenters. The molecule has 0 spiro atoms. The Morgan fingerprint density at radius 3 is 1.78 bits per heavy atom. The molecule has 206 valence electrons. The predicted molar refractivity (Wildman–Crippen MR) is 144 cm³/mol. The Labute approximate surface area is 221 Å². The molecule has 1 saturated carbocycles. The molecule has 1 aliphatic rings. The van der Waals surface area contributed by atoms with Crippen molar-refractivity contribution in [2.24, 2.45) is 11.8 Å². The molecule has 5 heteroatoms. The van der Waals surface area contributed by atoms with E-state index >= 15 is 0 Å². The van der Waals surface area contributed by atoms with Gasteiger partial charge in [0.2, 0.25) is 5.82 Å². The molecule has 1 fully saturated rings. The molecule has 1 aliphatic carbocycles. The van der Waals surface area contributed by atoms with Crippen molar-refractivity contribution in [2.45, 2.75) is 110 Å². The second kappa shape index (κ2) is 15.4. The molecule has 0 radical (unpaired) electrons. The highest BCUT2D eigenvalue weighted by Crippen LogP contribution is 2.36. The van der Waals surface area contributed by atoms with Crippen molar-refractivity contribution in [1.29, 1.82) is 0 Å². The lowest BCUT2D eigenvalue weighted by atomic mass is 9.77. The Morgan fingerprint density at radius 1 is 0.622 bits per heavy atom. The van der Waals surface area contributed by atoms with E-state index in [2.05, 4.69) is 6.92 Å². The lowest BCUT2D eigenvalue weighted by Gasteiger charge is -2.28. The van der Waals surface area contributed by atoms with Gasteiger partial charge in [0.1, 0.15) is 0 Å². The van der Waals surface area contributed by atoms with E-state index in [1.165, 1.54) is 94.9 Å². The van der Waals surface area contributed by atoms with Gasteiger partial charge in [0.15, 0.2) is 23.2 Å². The molecule has 0 heterocycles. The fraction of sp³-hybridized carbons (Fsp3) is 0.625. The predicted octanol–water partition coefficient (Wildman–Crippen LogP) is 10.6. The molecule has 2 aromatic carbocycles. The minimum absolute atomic E-state index is 0.175. The maximum Gasteiger partial charge on any atom is 0.201 e. The third-order valence-electron chi connectivity index (χ3n) is 8.05. The van der Waals surface area contributed by atoms with Crippen LogP contribution < -0.4 is 4.74 Å². The Morgan fingerprint density at radius 2 is 1.16 bits per heavy atom. The number of benzene rings is 2. The van der Waals surface area contributed by atoms with Gasteiger partial charge in [0, 0.05) is 11.1 Å². The standard InChI is InChI=1S/C32H44F4O/c1-3-5-6-7-8-9-10-11-12-23-13-15-24(16-14-23)17-18-25-19-20-26(30(34)29(25)33)27-21-22-28(37-4-2)32(36)31(27)35/h19-24H,3-18H2,1-2H3. The van der Waals surface area contributed by atoms with Crippen molar-refractivity contribution in [3.63, 3.8) is 0 Å². The van der Waals surface area contributed by atoms with Crippen molar-refractivity contribution in [2.75, 3.05) is 6.61 Å². The average molecular weight is 521 g/mol. The van der Waals surface area contributed by atoms with E-state index < -0.39 is 23.3 Å². The van der Waals surface area contributed by atoms with Crippen LogP contribution in [0.2, 0.25) is 0 Å². The Kier molecular flexibility index (Phi) is 12.3. The van der Waals surface area contributed by atoms with E-state index in [1.807, 2.05) is 0 Å². The molecule has 0 saturated heterocycles. The zero-order valence-corrected chi connectivity index (χ0v) is 22.7. The van der Waals surface area contributed by atoms with Gasteiger partial charge in [-0.05, 0) is 49.3 Å². The number of ether oxygens (including phenoxy) is 1. The Bertz CT molecular complexity index is 966. The SMILES string of the molecule is CCCCCCCCCCC1CCC(CCc2ccc(-c3ccc(OCC)c(F)c3F)c(F)c2F)CC1. The van der Waals surface area contributed by atoms with Gasteiger partial charge in [-0.1, -0.05) is 103 Å². The van der Waals surface area contributed by atoms with Gasteiger partial charge in [-0.15, -0.1) is 0 Å². The van der Waals surface area contributed by atoms with Crippen LogP contribution in [-0.2, 0) is 6.42 Å². The molecular formula is C32H44F4O. The first-order valence-corrected chi connectivity index (χ1v) is 14.5. The molecule has 37 heavy (non-hydrogen) atoms. The van der Waals surface area contributed by atoms with E-state index in [9.17, 15) is 17.6 Å². The Hall–Kier alpha value is -2.04. The van der Waals surface area contributed by atoms with Gasteiger partial charge in [-0.3, -0.25) is 0 Å². The van der Waals surface area contributed by atoms with Gasteiger partial charge >= 0.3 is 0 Å². The molecule has 2 aromatic rings. The highest BCUT2D eigenvalue weighted by molar-refractivity contribution is 5.66. The van der Waals surface area contributed by atoms with Gasteiger partial charge < -0.3 is 4.74 Å². The number of unbranched alkanes of at least 4 members (excludes halogenated alkanes) is 7. The fourth-order valence-electron chi connectivity index (χ4n) is 5.73. The van der Waals surface area contributed by atoms with Crippen LogP contribution in [0.3, 0.4) is 0 Å². The van der Waals surface area contributed by atoms with Crippen LogP contribution in [0.25, 0.3) is 11.1 Å². The number of hydrogen-bond donors (Lipinski definition) is 0. The molecule has 0 aliphatic heterocycles. The summed E-state index contributed by atoms with van der Waals surface area (Å²) >= 11 is 0. The smallest absolute Gasteiger partial charge is 0.201 e. The first-order valence-electron chi connectivity index (χ1n) is 14.5. The number of aryl methyl sites for hydroxylation is 1. The lowest BCUT2D eigenvalue weighted by Crippen LogP contribution is -2.15. The lowest BCUT2D eigenvalue weighted by molar-refractivity contribution is 0.248. The Balaban J connectivity index is 1.44.